The largest absolute Gasteiger partial charge is 0.334 e. The quantitative estimate of drug-likeness (QED) is 0.352. The zero-order valence-electron chi connectivity index (χ0n) is 11.5. The first-order valence-corrected chi connectivity index (χ1v) is 6.33. The van der Waals surface area contributed by atoms with Crippen LogP contribution in [0.4, 0.5) is 4.79 Å². The third kappa shape index (κ3) is 2.74. The minimum Gasteiger partial charge on any atom is -0.292 e. The molecule has 1 heterocycles. The van der Waals surface area contributed by atoms with Gasteiger partial charge in [-0.25, -0.2) is 9.69 Å². The van der Waals surface area contributed by atoms with Gasteiger partial charge in [0.05, 0.1) is 6.54 Å². The van der Waals surface area contributed by atoms with Crippen molar-refractivity contribution in [2.45, 2.75) is 6.92 Å². The first kappa shape index (κ1) is 14.6. The summed E-state index contributed by atoms with van der Waals surface area (Å²) in [5.74, 6) is -2.32. The fourth-order valence-corrected chi connectivity index (χ4v) is 1.95. The number of Topliss-reactive ketones (excluding diaryl/α,β-unsaturated/α-hetero) is 1. The minimum atomic E-state index is -0.984. The van der Waals surface area contributed by atoms with Gasteiger partial charge in [0.1, 0.15) is 0 Å². The number of aryl methyl sites for hydroxylation is 1. The third-order valence-corrected chi connectivity index (χ3v) is 3.12. The van der Waals surface area contributed by atoms with Gasteiger partial charge in [0.25, 0.3) is 0 Å². The first-order valence-electron chi connectivity index (χ1n) is 6.33. The molecule has 21 heavy (non-hydrogen) atoms. The summed E-state index contributed by atoms with van der Waals surface area (Å²) in [7, 11) is 0. The molecule has 0 N–H and O–H groups in total. The molecular weight excluding hydrogens is 272 g/mol. The highest BCUT2D eigenvalue weighted by molar-refractivity contribution is 6.45. The van der Waals surface area contributed by atoms with Crippen LogP contribution in [0.2, 0.25) is 0 Å². The summed E-state index contributed by atoms with van der Waals surface area (Å²) in [6, 6.07) is 5.97. The number of ketones is 1. The third-order valence-electron chi connectivity index (χ3n) is 3.12. The Kier molecular flexibility index (Phi) is 3.98. The fraction of sp³-hybridized carbons (Fsp3) is 0.200. The van der Waals surface area contributed by atoms with E-state index in [1.807, 2.05) is 6.92 Å². The second kappa shape index (κ2) is 5.70. The minimum absolute atomic E-state index is 0.0569. The lowest BCUT2D eigenvalue weighted by Gasteiger charge is -2.13. The van der Waals surface area contributed by atoms with E-state index in [4.69, 9.17) is 0 Å². The monoisotopic (exact) mass is 286 g/mol. The van der Waals surface area contributed by atoms with Crippen molar-refractivity contribution in [3.8, 4) is 0 Å². The number of carbonyl (C=O) groups excluding carboxylic acids is 4. The number of imide groups is 2. The van der Waals surface area contributed by atoms with Crippen molar-refractivity contribution in [3.05, 3.63) is 48.0 Å². The van der Waals surface area contributed by atoms with E-state index in [0.717, 1.165) is 10.5 Å². The average Bonchev–Trinajstić information content (AvgIpc) is 2.66. The Hall–Kier alpha value is -2.76. The van der Waals surface area contributed by atoms with E-state index < -0.39 is 30.2 Å². The molecule has 0 spiro atoms. The molecule has 0 unspecified atom stereocenters. The van der Waals surface area contributed by atoms with Crippen molar-refractivity contribution in [2.24, 2.45) is 0 Å². The molecule has 0 radical (unpaired) electrons. The SMILES string of the molecule is C=CCN1C(=O)C(=O)N(CC(=O)c2ccc(C)cc2)C1=O. The summed E-state index contributed by atoms with van der Waals surface area (Å²) in [6.45, 7) is 4.80. The molecule has 0 bridgehead atoms. The number of hydrogen-bond acceptors (Lipinski definition) is 4. The molecule has 108 valence electrons. The molecule has 1 fully saturated rings. The number of nitrogens with zero attached hydrogens (tertiary/aromatic N) is 2. The Bertz CT molecular complexity index is 634. The van der Waals surface area contributed by atoms with E-state index in [2.05, 4.69) is 6.58 Å². The number of hydrogen-bond donors (Lipinski definition) is 0. The van der Waals surface area contributed by atoms with Gasteiger partial charge in [0, 0.05) is 12.1 Å². The molecular formula is C15H14N2O4. The van der Waals surface area contributed by atoms with Crippen LogP contribution in [0.25, 0.3) is 0 Å². The molecule has 1 aromatic rings. The molecule has 1 aromatic carbocycles. The molecule has 0 aromatic heterocycles. The molecule has 1 aliphatic rings. The van der Waals surface area contributed by atoms with Gasteiger partial charge in [0.2, 0.25) is 0 Å². The summed E-state index contributed by atoms with van der Waals surface area (Å²) in [4.78, 5) is 48.8. The van der Waals surface area contributed by atoms with Gasteiger partial charge in [-0.2, -0.15) is 0 Å². The molecule has 0 saturated carbocycles. The van der Waals surface area contributed by atoms with Crippen LogP contribution in [-0.2, 0) is 9.59 Å². The van der Waals surface area contributed by atoms with E-state index in [1.54, 1.807) is 24.3 Å². The normalized spacial score (nSPS) is 14.8. The lowest BCUT2D eigenvalue weighted by atomic mass is 10.1. The standard InChI is InChI=1S/C15H14N2O4/c1-3-8-16-13(19)14(20)17(15(16)21)9-12(18)11-6-4-10(2)5-7-11/h3-7H,1,8-9H2,2H3. The molecule has 1 aliphatic heterocycles. The van der Waals surface area contributed by atoms with Gasteiger partial charge in [0.15, 0.2) is 5.78 Å². The van der Waals surface area contributed by atoms with Crippen LogP contribution >= 0.6 is 0 Å². The summed E-state index contributed by atoms with van der Waals surface area (Å²) >= 11 is 0. The van der Waals surface area contributed by atoms with Crippen molar-refractivity contribution >= 4 is 23.6 Å². The predicted molar refractivity (Wildman–Crippen MR) is 74.5 cm³/mol. The van der Waals surface area contributed by atoms with Crippen molar-refractivity contribution in [2.75, 3.05) is 13.1 Å². The molecule has 0 aliphatic carbocycles. The van der Waals surface area contributed by atoms with Crippen molar-refractivity contribution < 1.29 is 19.2 Å². The summed E-state index contributed by atoms with van der Waals surface area (Å²) in [5, 5.41) is 0. The van der Waals surface area contributed by atoms with Crippen LogP contribution in [0, 0.1) is 6.92 Å². The zero-order chi connectivity index (χ0) is 15.6. The fourth-order valence-electron chi connectivity index (χ4n) is 1.95. The molecule has 6 heteroatoms. The lowest BCUT2D eigenvalue weighted by molar-refractivity contribution is -0.142. The Morgan fingerprint density at radius 1 is 1.10 bits per heavy atom. The van der Waals surface area contributed by atoms with E-state index in [0.29, 0.717) is 10.5 Å². The van der Waals surface area contributed by atoms with Gasteiger partial charge >= 0.3 is 17.8 Å². The summed E-state index contributed by atoms with van der Waals surface area (Å²) < 4.78 is 0. The second-order valence-corrected chi connectivity index (χ2v) is 4.67. The predicted octanol–water partition coefficient (Wildman–Crippen LogP) is 1.15. The topological polar surface area (TPSA) is 74.8 Å². The molecule has 0 atom stereocenters. The van der Waals surface area contributed by atoms with Crippen LogP contribution < -0.4 is 0 Å². The van der Waals surface area contributed by atoms with Gasteiger partial charge in [-0.1, -0.05) is 35.9 Å². The highest BCUT2D eigenvalue weighted by Gasteiger charge is 2.44. The number of carbonyl (C=O) groups is 4. The Morgan fingerprint density at radius 3 is 2.24 bits per heavy atom. The zero-order valence-corrected chi connectivity index (χ0v) is 11.5. The molecule has 2 rings (SSSR count). The van der Waals surface area contributed by atoms with Crippen molar-refractivity contribution in [3.63, 3.8) is 0 Å². The first-order chi connectivity index (χ1) is 9.95. The van der Waals surface area contributed by atoms with Crippen molar-refractivity contribution in [1.29, 1.82) is 0 Å². The van der Waals surface area contributed by atoms with E-state index >= 15 is 0 Å². The maximum absolute atomic E-state index is 12.1. The number of urea groups is 1. The van der Waals surface area contributed by atoms with Gasteiger partial charge in [-0.3, -0.25) is 19.3 Å². The lowest BCUT2D eigenvalue weighted by Crippen LogP contribution is -2.37. The molecule has 6 nitrogen and oxygen atoms in total. The Labute approximate surface area is 121 Å². The van der Waals surface area contributed by atoms with Gasteiger partial charge in [-0.15, -0.1) is 6.58 Å². The number of amides is 4. The molecule has 4 amide bonds. The second-order valence-electron chi connectivity index (χ2n) is 4.67. The maximum Gasteiger partial charge on any atom is 0.334 e. The van der Waals surface area contributed by atoms with Crippen molar-refractivity contribution in [1.82, 2.24) is 9.80 Å². The van der Waals surface area contributed by atoms with Crippen LogP contribution in [0.15, 0.2) is 36.9 Å². The summed E-state index contributed by atoms with van der Waals surface area (Å²) in [6.07, 6.45) is 1.34. The summed E-state index contributed by atoms with van der Waals surface area (Å²) in [5.41, 5.74) is 1.38. The van der Waals surface area contributed by atoms with Crippen LogP contribution in [-0.4, -0.2) is 46.5 Å². The Morgan fingerprint density at radius 2 is 1.67 bits per heavy atom. The van der Waals surface area contributed by atoms with Crippen LogP contribution in [0.1, 0.15) is 15.9 Å². The Balaban J connectivity index is 2.15. The van der Waals surface area contributed by atoms with Crippen LogP contribution in [0.3, 0.4) is 0 Å². The van der Waals surface area contributed by atoms with E-state index in [9.17, 15) is 19.2 Å². The average molecular weight is 286 g/mol. The van der Waals surface area contributed by atoms with Gasteiger partial charge < -0.3 is 0 Å². The van der Waals surface area contributed by atoms with Crippen LogP contribution in [0.5, 0.6) is 0 Å². The highest BCUT2D eigenvalue weighted by Crippen LogP contribution is 2.13. The van der Waals surface area contributed by atoms with Gasteiger partial charge in [-0.05, 0) is 6.92 Å². The maximum atomic E-state index is 12.1. The molecule has 1 saturated heterocycles. The van der Waals surface area contributed by atoms with E-state index in [-0.39, 0.29) is 6.54 Å². The number of benzene rings is 1. The highest BCUT2D eigenvalue weighted by atomic mass is 16.2. The number of rotatable bonds is 5. The smallest absolute Gasteiger partial charge is 0.292 e. The van der Waals surface area contributed by atoms with E-state index in [1.165, 1.54) is 6.08 Å².